The average Bonchev–Trinajstić information content (AvgIpc) is 2.72. The Kier molecular flexibility index (Phi) is 7.23. The number of nitro groups is 1. The lowest BCUT2D eigenvalue weighted by atomic mass is 9.79. The molecule has 1 aliphatic heterocycles. The Morgan fingerprint density at radius 3 is 2.62 bits per heavy atom. The van der Waals surface area contributed by atoms with Crippen molar-refractivity contribution in [1.82, 2.24) is 5.43 Å². The van der Waals surface area contributed by atoms with Gasteiger partial charge < -0.3 is 4.90 Å². The number of anilines is 1. The molecule has 0 radical (unpaired) electrons. The van der Waals surface area contributed by atoms with Gasteiger partial charge in [-0.05, 0) is 75.4 Å². The Morgan fingerprint density at radius 2 is 2.00 bits per heavy atom. The van der Waals surface area contributed by atoms with Crippen LogP contribution in [0.3, 0.4) is 0 Å². The van der Waals surface area contributed by atoms with Crippen molar-refractivity contribution in [3.63, 3.8) is 0 Å². The molecule has 1 unspecified atom stereocenters. The van der Waals surface area contributed by atoms with E-state index in [2.05, 4.69) is 62.2 Å². The van der Waals surface area contributed by atoms with Crippen molar-refractivity contribution in [2.45, 2.75) is 63.4 Å². The first kappa shape index (κ1) is 23.8. The number of carbonyl (C=O) groups excluding carboxylic acids is 1. The summed E-state index contributed by atoms with van der Waals surface area (Å²) in [4.78, 5) is 25.6. The number of nitro benzene ring substituents is 1. The fourth-order valence-corrected chi connectivity index (χ4v) is 5.24. The van der Waals surface area contributed by atoms with Crippen LogP contribution in [-0.4, -0.2) is 34.4 Å². The molecule has 0 spiro atoms. The molecule has 170 valence electrons. The van der Waals surface area contributed by atoms with Crippen LogP contribution in [-0.2, 0) is 4.79 Å². The highest BCUT2D eigenvalue weighted by molar-refractivity contribution is 8.00. The molecule has 3 rings (SSSR count). The second kappa shape index (κ2) is 9.73. The molecule has 0 bridgehead atoms. The topological polar surface area (TPSA) is 87.8 Å². The molecular formula is C24H30N4O3S. The Balaban J connectivity index is 1.60. The fraction of sp³-hybridized carbons (Fsp3) is 0.417. The predicted octanol–water partition coefficient (Wildman–Crippen LogP) is 5.34. The van der Waals surface area contributed by atoms with Crippen LogP contribution < -0.4 is 10.3 Å². The number of hydrogen-bond acceptors (Lipinski definition) is 6. The molecule has 0 fully saturated rings. The Hall–Kier alpha value is -2.87. The minimum absolute atomic E-state index is 0.0304. The van der Waals surface area contributed by atoms with E-state index in [1.807, 2.05) is 6.07 Å². The number of thioether (sulfide) groups is 1. The Bertz CT molecular complexity index is 1020. The molecule has 7 nitrogen and oxygen atoms in total. The van der Waals surface area contributed by atoms with E-state index < -0.39 is 4.92 Å². The smallest absolute Gasteiger partial charge is 0.269 e. The van der Waals surface area contributed by atoms with Gasteiger partial charge in [-0.2, -0.15) is 5.10 Å². The molecule has 1 amide bonds. The van der Waals surface area contributed by atoms with Gasteiger partial charge in [0, 0.05) is 34.3 Å². The van der Waals surface area contributed by atoms with E-state index in [9.17, 15) is 14.9 Å². The summed E-state index contributed by atoms with van der Waals surface area (Å²) >= 11 is 1.30. The van der Waals surface area contributed by atoms with Crippen molar-refractivity contribution in [3.05, 3.63) is 63.7 Å². The van der Waals surface area contributed by atoms with Crippen molar-refractivity contribution >= 4 is 35.3 Å². The van der Waals surface area contributed by atoms with Crippen LogP contribution in [0.25, 0.3) is 0 Å². The maximum Gasteiger partial charge on any atom is 0.269 e. The zero-order valence-corrected chi connectivity index (χ0v) is 20.0. The second-order valence-corrected chi connectivity index (χ2v) is 10.1. The third kappa shape index (κ3) is 5.48. The van der Waals surface area contributed by atoms with Gasteiger partial charge in [0.25, 0.3) is 5.69 Å². The van der Waals surface area contributed by atoms with Gasteiger partial charge in [-0.1, -0.05) is 13.0 Å². The lowest BCUT2D eigenvalue weighted by Crippen LogP contribution is -2.51. The molecule has 0 saturated heterocycles. The molecule has 0 aromatic heterocycles. The summed E-state index contributed by atoms with van der Waals surface area (Å²) in [5.41, 5.74) is 6.21. The number of benzene rings is 2. The van der Waals surface area contributed by atoms with Gasteiger partial charge in [-0.25, -0.2) is 5.43 Å². The lowest BCUT2D eigenvalue weighted by Gasteiger charge is -2.50. The highest BCUT2D eigenvalue weighted by Crippen LogP contribution is 2.44. The number of non-ortho nitro benzene ring substituents is 1. The van der Waals surface area contributed by atoms with E-state index in [0.717, 1.165) is 16.9 Å². The molecule has 0 aliphatic carbocycles. The van der Waals surface area contributed by atoms with Crippen LogP contribution in [0.4, 0.5) is 11.4 Å². The minimum Gasteiger partial charge on any atom is -0.364 e. The van der Waals surface area contributed by atoms with E-state index in [4.69, 9.17) is 0 Å². The number of hydrazone groups is 1. The highest BCUT2D eigenvalue weighted by Gasteiger charge is 2.37. The van der Waals surface area contributed by atoms with Gasteiger partial charge in [0.05, 0.1) is 16.9 Å². The lowest BCUT2D eigenvalue weighted by molar-refractivity contribution is -0.384. The van der Waals surface area contributed by atoms with Crippen LogP contribution in [0.5, 0.6) is 0 Å². The van der Waals surface area contributed by atoms with E-state index >= 15 is 0 Å². The van der Waals surface area contributed by atoms with Crippen molar-refractivity contribution in [2.75, 3.05) is 10.7 Å². The minimum atomic E-state index is -0.446. The number of carbonyl (C=O) groups is 1. The standard InChI is InChI=1S/C24H30N4O3S/c1-16(2)27-22-11-6-18(12-21(22)17(3)13-24(27,4)5)14-25-26-23(29)15-32-20-9-7-19(8-10-20)28(30)31/h6-12,14,16-17H,13,15H2,1-5H3,(H,26,29)/b25-14+. The normalized spacial score (nSPS) is 17.4. The third-order valence-electron chi connectivity index (χ3n) is 5.64. The van der Waals surface area contributed by atoms with E-state index in [0.29, 0.717) is 12.0 Å². The summed E-state index contributed by atoms with van der Waals surface area (Å²) in [6, 6.07) is 12.9. The van der Waals surface area contributed by atoms with Crippen LogP contribution >= 0.6 is 11.8 Å². The van der Waals surface area contributed by atoms with Crippen LogP contribution in [0.15, 0.2) is 52.5 Å². The van der Waals surface area contributed by atoms with Crippen LogP contribution in [0, 0.1) is 10.1 Å². The van der Waals surface area contributed by atoms with E-state index in [-0.39, 0.29) is 22.9 Å². The molecule has 1 N–H and O–H groups in total. The maximum absolute atomic E-state index is 12.1. The number of hydrogen-bond donors (Lipinski definition) is 1. The summed E-state index contributed by atoms with van der Waals surface area (Å²) in [5.74, 6) is 0.383. The average molecular weight is 455 g/mol. The van der Waals surface area contributed by atoms with E-state index in [1.54, 1.807) is 18.3 Å². The molecule has 1 heterocycles. The van der Waals surface area contributed by atoms with E-state index in [1.165, 1.54) is 35.1 Å². The molecular weight excluding hydrogens is 424 g/mol. The maximum atomic E-state index is 12.1. The summed E-state index contributed by atoms with van der Waals surface area (Å²) < 4.78 is 0. The summed E-state index contributed by atoms with van der Waals surface area (Å²) in [5, 5.41) is 14.8. The molecule has 32 heavy (non-hydrogen) atoms. The quantitative estimate of drug-likeness (QED) is 0.264. The summed E-state index contributed by atoms with van der Waals surface area (Å²) in [7, 11) is 0. The third-order valence-corrected chi connectivity index (χ3v) is 6.65. The van der Waals surface area contributed by atoms with Gasteiger partial charge in [-0.15, -0.1) is 11.8 Å². The number of amides is 1. The first-order valence-corrected chi connectivity index (χ1v) is 11.7. The molecule has 2 aromatic rings. The highest BCUT2D eigenvalue weighted by atomic mass is 32.2. The molecule has 2 aromatic carbocycles. The van der Waals surface area contributed by atoms with Gasteiger partial charge in [0.15, 0.2) is 0 Å². The van der Waals surface area contributed by atoms with Crippen molar-refractivity contribution < 1.29 is 9.72 Å². The zero-order chi connectivity index (χ0) is 23.5. The van der Waals surface area contributed by atoms with Crippen LogP contribution in [0.2, 0.25) is 0 Å². The summed E-state index contributed by atoms with van der Waals surface area (Å²) in [6.07, 6.45) is 2.75. The molecule has 8 heteroatoms. The van der Waals surface area contributed by atoms with Gasteiger partial charge in [-0.3, -0.25) is 14.9 Å². The number of rotatable bonds is 7. The molecule has 1 atom stereocenters. The largest absolute Gasteiger partial charge is 0.364 e. The second-order valence-electron chi connectivity index (χ2n) is 9.03. The monoisotopic (exact) mass is 454 g/mol. The van der Waals surface area contributed by atoms with Crippen molar-refractivity contribution in [1.29, 1.82) is 0 Å². The number of nitrogens with one attached hydrogen (secondary N) is 1. The fourth-order valence-electron chi connectivity index (χ4n) is 4.55. The van der Waals surface area contributed by atoms with Crippen molar-refractivity contribution in [3.8, 4) is 0 Å². The Labute approximate surface area is 193 Å². The first-order valence-electron chi connectivity index (χ1n) is 10.7. The number of nitrogens with zero attached hydrogens (tertiary/aromatic N) is 3. The molecule has 0 saturated carbocycles. The summed E-state index contributed by atoms with van der Waals surface area (Å²) in [6.45, 7) is 11.3. The van der Waals surface area contributed by atoms with Gasteiger partial charge >= 0.3 is 0 Å². The van der Waals surface area contributed by atoms with Gasteiger partial charge in [0.1, 0.15) is 0 Å². The van der Waals surface area contributed by atoms with Crippen molar-refractivity contribution in [2.24, 2.45) is 5.10 Å². The predicted molar refractivity (Wildman–Crippen MR) is 131 cm³/mol. The Morgan fingerprint density at radius 1 is 1.31 bits per heavy atom. The van der Waals surface area contributed by atoms with Gasteiger partial charge in [0.2, 0.25) is 5.91 Å². The zero-order valence-electron chi connectivity index (χ0n) is 19.2. The first-order chi connectivity index (χ1) is 15.1. The van der Waals surface area contributed by atoms with Crippen LogP contribution in [0.1, 0.15) is 58.1 Å². The SMILES string of the molecule is CC1CC(C)(C)N(C(C)C)c2ccc(/C=N/NC(=O)CSc3ccc([N+](=O)[O-])cc3)cc21. The molecule has 1 aliphatic rings. The number of fused-ring (bicyclic) bond motifs is 1.